The Bertz CT molecular complexity index is 556. The van der Waals surface area contributed by atoms with Gasteiger partial charge in [-0.2, -0.15) is 5.10 Å². The van der Waals surface area contributed by atoms with Gasteiger partial charge in [-0.25, -0.2) is 19.3 Å². The molecule has 2 rings (SSSR count). The summed E-state index contributed by atoms with van der Waals surface area (Å²) in [4.78, 5) is 15.2. The fourth-order valence-corrected chi connectivity index (χ4v) is 1.26. The number of aromatic amines is 1. The molecule has 0 unspecified atom stereocenters. The van der Waals surface area contributed by atoms with Crippen LogP contribution in [0.1, 0.15) is 13.8 Å². The zero-order valence-electron chi connectivity index (χ0n) is 9.06. The molecule has 0 fully saturated rings. The Morgan fingerprint density at radius 2 is 2.38 bits per heavy atom. The number of anilines is 1. The van der Waals surface area contributed by atoms with Gasteiger partial charge in [0.25, 0.3) is 0 Å². The topological polar surface area (TPSA) is 95.3 Å². The third-order valence-corrected chi connectivity index (χ3v) is 2.17. The van der Waals surface area contributed by atoms with Gasteiger partial charge in [0.15, 0.2) is 5.65 Å². The number of hydrogen-bond donors (Lipinski definition) is 3. The quantitative estimate of drug-likeness (QED) is 0.658. The molecule has 7 heteroatoms. The number of fused-ring (bicyclic) bond motifs is 1. The summed E-state index contributed by atoms with van der Waals surface area (Å²) in [6, 6.07) is 1.63. The van der Waals surface area contributed by atoms with E-state index < -0.39 is 5.54 Å². The minimum Gasteiger partial charge on any atom is -0.394 e. The van der Waals surface area contributed by atoms with Gasteiger partial charge in [0.05, 0.1) is 12.1 Å². The lowest BCUT2D eigenvalue weighted by molar-refractivity contribution is 0.234. The number of hydrogen-bond acceptors (Lipinski definition) is 5. The van der Waals surface area contributed by atoms with Crippen LogP contribution < -0.4 is 11.0 Å². The summed E-state index contributed by atoms with van der Waals surface area (Å²) >= 11 is 0. The second kappa shape index (κ2) is 3.60. The molecule has 0 bridgehead atoms. The fourth-order valence-electron chi connectivity index (χ4n) is 1.26. The molecule has 0 aliphatic carbocycles. The highest BCUT2D eigenvalue weighted by atomic mass is 16.3. The first kappa shape index (κ1) is 10.6. The van der Waals surface area contributed by atoms with Crippen molar-refractivity contribution in [1.82, 2.24) is 19.6 Å². The third-order valence-electron chi connectivity index (χ3n) is 2.17. The summed E-state index contributed by atoms with van der Waals surface area (Å²) in [6.07, 6.45) is 1.39. The van der Waals surface area contributed by atoms with Crippen molar-refractivity contribution in [1.29, 1.82) is 0 Å². The average Bonchev–Trinajstić information content (AvgIpc) is 2.60. The van der Waals surface area contributed by atoms with Crippen LogP contribution in [-0.2, 0) is 0 Å². The summed E-state index contributed by atoms with van der Waals surface area (Å²) in [5, 5.41) is 18.3. The van der Waals surface area contributed by atoms with Crippen molar-refractivity contribution in [3.05, 3.63) is 22.9 Å². The van der Waals surface area contributed by atoms with Crippen molar-refractivity contribution in [2.75, 3.05) is 11.9 Å². The third kappa shape index (κ3) is 1.89. The maximum Gasteiger partial charge on any atom is 0.348 e. The van der Waals surface area contributed by atoms with Gasteiger partial charge in [0.1, 0.15) is 12.1 Å². The number of aliphatic hydroxyl groups excluding tert-OH is 1. The van der Waals surface area contributed by atoms with Gasteiger partial charge in [0.2, 0.25) is 0 Å². The van der Waals surface area contributed by atoms with Gasteiger partial charge < -0.3 is 10.4 Å². The van der Waals surface area contributed by atoms with E-state index in [1.807, 2.05) is 13.8 Å². The Kier molecular flexibility index (Phi) is 2.39. The highest BCUT2D eigenvalue weighted by molar-refractivity contribution is 5.49. The molecule has 0 radical (unpaired) electrons. The van der Waals surface area contributed by atoms with E-state index in [-0.39, 0.29) is 12.3 Å². The molecule has 2 aromatic heterocycles. The predicted octanol–water partition coefficient (Wildman–Crippen LogP) is -0.400. The first-order valence-corrected chi connectivity index (χ1v) is 4.84. The molecule has 2 heterocycles. The lowest BCUT2D eigenvalue weighted by Crippen LogP contribution is -2.35. The first-order valence-electron chi connectivity index (χ1n) is 4.84. The van der Waals surface area contributed by atoms with Gasteiger partial charge in [-0.15, -0.1) is 0 Å². The van der Waals surface area contributed by atoms with E-state index in [0.29, 0.717) is 11.5 Å². The fraction of sp³-hybridized carbons (Fsp3) is 0.444. The van der Waals surface area contributed by atoms with E-state index in [2.05, 4.69) is 20.5 Å². The molecule has 0 saturated heterocycles. The van der Waals surface area contributed by atoms with Crippen molar-refractivity contribution >= 4 is 11.5 Å². The summed E-state index contributed by atoms with van der Waals surface area (Å²) in [7, 11) is 0. The monoisotopic (exact) mass is 223 g/mol. The lowest BCUT2D eigenvalue weighted by atomic mass is 10.1. The molecule has 0 spiro atoms. The second-order valence-electron chi connectivity index (χ2n) is 4.20. The number of nitrogens with one attached hydrogen (secondary N) is 2. The molecule has 0 amide bonds. The van der Waals surface area contributed by atoms with Crippen molar-refractivity contribution < 1.29 is 5.11 Å². The molecule has 0 saturated carbocycles. The molecule has 86 valence electrons. The minimum absolute atomic E-state index is 0.0206. The molecule has 0 aliphatic heterocycles. The van der Waals surface area contributed by atoms with E-state index in [1.165, 1.54) is 10.7 Å². The molecule has 2 aromatic rings. The maximum atomic E-state index is 11.2. The van der Waals surface area contributed by atoms with Gasteiger partial charge in [-0.1, -0.05) is 0 Å². The van der Waals surface area contributed by atoms with Crippen LogP contribution in [0.4, 0.5) is 5.82 Å². The van der Waals surface area contributed by atoms with Crippen LogP contribution in [0.3, 0.4) is 0 Å². The first-order chi connectivity index (χ1) is 7.52. The standard InChI is InChI=1S/C9H13N5O2/c1-9(2,4-15)11-6-3-7-12-13-8(16)14(7)5-10-6/h3,5,11,15H,4H2,1-2H3,(H,13,16). The molecule has 0 aliphatic rings. The number of H-pyrrole nitrogens is 1. The zero-order chi connectivity index (χ0) is 11.8. The average molecular weight is 223 g/mol. The van der Waals surface area contributed by atoms with Crippen LogP contribution in [0, 0.1) is 0 Å². The van der Waals surface area contributed by atoms with Crippen LogP contribution in [0.2, 0.25) is 0 Å². The molecule has 0 atom stereocenters. The van der Waals surface area contributed by atoms with E-state index in [1.54, 1.807) is 6.07 Å². The van der Waals surface area contributed by atoms with Gasteiger partial charge in [-0.3, -0.25) is 0 Å². The highest BCUT2D eigenvalue weighted by Crippen LogP contribution is 2.12. The van der Waals surface area contributed by atoms with Crippen molar-refractivity contribution in [3.63, 3.8) is 0 Å². The Labute approximate surface area is 91.1 Å². The number of aromatic nitrogens is 4. The van der Waals surface area contributed by atoms with E-state index in [0.717, 1.165) is 0 Å². The summed E-state index contributed by atoms with van der Waals surface area (Å²) in [5.74, 6) is 0.561. The Hall–Kier alpha value is -1.89. The predicted molar refractivity (Wildman–Crippen MR) is 58.4 cm³/mol. The van der Waals surface area contributed by atoms with E-state index >= 15 is 0 Å². The molecule has 0 aromatic carbocycles. The van der Waals surface area contributed by atoms with Crippen LogP contribution in [-0.4, -0.2) is 36.8 Å². The van der Waals surface area contributed by atoms with Gasteiger partial charge >= 0.3 is 5.69 Å². The molecule has 16 heavy (non-hydrogen) atoms. The largest absolute Gasteiger partial charge is 0.394 e. The second-order valence-corrected chi connectivity index (χ2v) is 4.20. The number of nitrogens with zero attached hydrogens (tertiary/aromatic N) is 3. The van der Waals surface area contributed by atoms with Crippen LogP contribution in [0.15, 0.2) is 17.2 Å². The molecular formula is C9H13N5O2. The van der Waals surface area contributed by atoms with Crippen molar-refractivity contribution in [2.45, 2.75) is 19.4 Å². The van der Waals surface area contributed by atoms with Crippen LogP contribution in [0.5, 0.6) is 0 Å². The minimum atomic E-state index is -0.470. The van der Waals surface area contributed by atoms with Crippen LogP contribution in [0.25, 0.3) is 5.65 Å². The molecule has 3 N–H and O–H groups in total. The van der Waals surface area contributed by atoms with E-state index in [4.69, 9.17) is 5.11 Å². The summed E-state index contributed by atoms with van der Waals surface area (Å²) in [5.41, 5.74) is -0.311. The van der Waals surface area contributed by atoms with Crippen LogP contribution >= 0.6 is 0 Å². The Balaban J connectivity index is 2.37. The molecule has 7 nitrogen and oxygen atoms in total. The number of rotatable bonds is 3. The lowest BCUT2D eigenvalue weighted by Gasteiger charge is -2.23. The normalized spacial score (nSPS) is 11.9. The Morgan fingerprint density at radius 1 is 1.62 bits per heavy atom. The van der Waals surface area contributed by atoms with Crippen molar-refractivity contribution in [2.24, 2.45) is 0 Å². The zero-order valence-corrected chi connectivity index (χ0v) is 9.06. The smallest absolute Gasteiger partial charge is 0.348 e. The van der Waals surface area contributed by atoms with E-state index in [9.17, 15) is 4.79 Å². The Morgan fingerprint density at radius 3 is 3.06 bits per heavy atom. The summed E-state index contributed by atoms with van der Waals surface area (Å²) in [6.45, 7) is 3.67. The van der Waals surface area contributed by atoms with Gasteiger partial charge in [0, 0.05) is 6.07 Å². The van der Waals surface area contributed by atoms with Gasteiger partial charge in [-0.05, 0) is 13.8 Å². The number of aliphatic hydroxyl groups is 1. The highest BCUT2D eigenvalue weighted by Gasteiger charge is 2.16. The SMILES string of the molecule is CC(C)(CO)Nc1cc2n[nH]c(=O)n2cn1. The summed E-state index contributed by atoms with van der Waals surface area (Å²) < 4.78 is 1.30. The van der Waals surface area contributed by atoms with Crippen molar-refractivity contribution in [3.8, 4) is 0 Å². The maximum absolute atomic E-state index is 11.2. The molecular weight excluding hydrogens is 210 g/mol.